The van der Waals surface area contributed by atoms with E-state index < -0.39 is 11.5 Å². The number of benzene rings is 1. The Hall–Kier alpha value is -1.35. The predicted octanol–water partition coefficient (Wildman–Crippen LogP) is 3.21. The Labute approximate surface area is 122 Å². The van der Waals surface area contributed by atoms with Crippen molar-refractivity contribution in [3.05, 3.63) is 35.9 Å². The molecule has 2 unspecified atom stereocenters. The van der Waals surface area contributed by atoms with Gasteiger partial charge in [0.2, 0.25) is 0 Å². The topological polar surface area (TPSA) is 46.5 Å². The van der Waals surface area contributed by atoms with Gasteiger partial charge >= 0.3 is 5.97 Å². The zero-order valence-electron chi connectivity index (χ0n) is 12.9. The fourth-order valence-corrected chi connectivity index (χ4v) is 2.75. The lowest BCUT2D eigenvalue weighted by Crippen LogP contribution is -2.47. The van der Waals surface area contributed by atoms with E-state index >= 15 is 0 Å². The molecule has 0 radical (unpaired) electrons. The first kappa shape index (κ1) is 16.7. The zero-order chi connectivity index (χ0) is 15.2. The van der Waals surface area contributed by atoms with Gasteiger partial charge in [-0.1, -0.05) is 51.1 Å². The molecule has 1 aromatic rings. The van der Waals surface area contributed by atoms with Gasteiger partial charge in [-0.05, 0) is 24.8 Å². The van der Waals surface area contributed by atoms with E-state index in [4.69, 9.17) is 4.74 Å². The number of esters is 1. The van der Waals surface area contributed by atoms with Crippen LogP contribution in [-0.2, 0) is 16.0 Å². The molecule has 0 aliphatic heterocycles. The number of rotatable bonds is 7. The number of hydrogen-bond acceptors (Lipinski definition) is 3. The van der Waals surface area contributed by atoms with Gasteiger partial charge in [-0.2, -0.15) is 0 Å². The lowest BCUT2D eigenvalue weighted by molar-refractivity contribution is -0.162. The largest absolute Gasteiger partial charge is 0.466 e. The number of aliphatic hydroxyl groups is 1. The van der Waals surface area contributed by atoms with Gasteiger partial charge in [0.1, 0.15) is 0 Å². The molecular weight excluding hydrogens is 252 g/mol. The number of hydrogen-bond donors (Lipinski definition) is 1. The minimum atomic E-state index is -1.07. The number of carbonyl (C=O) groups is 1. The fourth-order valence-electron chi connectivity index (χ4n) is 2.75. The second-order valence-electron chi connectivity index (χ2n) is 5.59. The average Bonchev–Trinajstić information content (AvgIpc) is 2.39. The van der Waals surface area contributed by atoms with Crippen LogP contribution in [0.15, 0.2) is 30.3 Å². The monoisotopic (exact) mass is 278 g/mol. The van der Waals surface area contributed by atoms with Gasteiger partial charge in [0.25, 0.3) is 0 Å². The van der Waals surface area contributed by atoms with Crippen LogP contribution in [0.1, 0.15) is 39.7 Å². The van der Waals surface area contributed by atoms with Crippen molar-refractivity contribution in [3.8, 4) is 0 Å². The molecule has 2 atom stereocenters. The summed E-state index contributed by atoms with van der Waals surface area (Å²) in [5, 5.41) is 11.0. The highest BCUT2D eigenvalue weighted by atomic mass is 16.5. The summed E-state index contributed by atoms with van der Waals surface area (Å²) < 4.78 is 5.15. The van der Waals surface area contributed by atoms with Crippen LogP contribution in [0.2, 0.25) is 0 Å². The van der Waals surface area contributed by atoms with Crippen LogP contribution in [0.3, 0.4) is 0 Å². The summed E-state index contributed by atoms with van der Waals surface area (Å²) in [6, 6.07) is 9.78. The fraction of sp³-hybridized carbons (Fsp3) is 0.588. The summed E-state index contributed by atoms with van der Waals surface area (Å²) in [5.74, 6) is -0.779. The van der Waals surface area contributed by atoms with Crippen LogP contribution in [0, 0.1) is 11.8 Å². The number of ether oxygens (including phenoxy) is 1. The van der Waals surface area contributed by atoms with Crippen LogP contribution in [-0.4, -0.2) is 23.3 Å². The molecule has 0 spiro atoms. The molecule has 3 nitrogen and oxygen atoms in total. The van der Waals surface area contributed by atoms with E-state index in [9.17, 15) is 9.90 Å². The molecule has 0 saturated heterocycles. The Balaban J connectivity index is 3.01. The van der Waals surface area contributed by atoms with Crippen molar-refractivity contribution in [3.63, 3.8) is 0 Å². The van der Waals surface area contributed by atoms with Gasteiger partial charge in [0, 0.05) is 6.42 Å². The van der Waals surface area contributed by atoms with Gasteiger partial charge in [-0.15, -0.1) is 0 Å². The van der Waals surface area contributed by atoms with E-state index in [0.717, 1.165) is 5.56 Å². The van der Waals surface area contributed by atoms with E-state index in [1.807, 2.05) is 51.1 Å². The third-order valence-corrected chi connectivity index (χ3v) is 3.75. The molecule has 0 aliphatic carbocycles. The maximum atomic E-state index is 12.2. The van der Waals surface area contributed by atoms with Crippen LogP contribution < -0.4 is 0 Å². The summed E-state index contributed by atoms with van der Waals surface area (Å²) in [5.41, 5.74) is -0.0336. The first-order valence-corrected chi connectivity index (χ1v) is 7.37. The van der Waals surface area contributed by atoms with Crippen LogP contribution in [0.4, 0.5) is 0 Å². The minimum absolute atomic E-state index is 0.0303. The summed E-state index contributed by atoms with van der Waals surface area (Å²) in [6.07, 6.45) is 0.982. The highest BCUT2D eigenvalue weighted by Gasteiger charge is 2.42. The van der Waals surface area contributed by atoms with Crippen molar-refractivity contribution < 1.29 is 14.6 Å². The molecule has 0 bridgehead atoms. The van der Waals surface area contributed by atoms with Crippen LogP contribution in [0.5, 0.6) is 0 Å². The summed E-state index contributed by atoms with van der Waals surface area (Å²) >= 11 is 0. The van der Waals surface area contributed by atoms with Gasteiger partial charge in [-0.3, -0.25) is 4.79 Å². The lowest BCUT2D eigenvalue weighted by atomic mass is 9.74. The predicted molar refractivity (Wildman–Crippen MR) is 80.3 cm³/mol. The van der Waals surface area contributed by atoms with Gasteiger partial charge in [0.15, 0.2) is 0 Å². The summed E-state index contributed by atoms with van der Waals surface area (Å²) in [6.45, 7) is 7.95. The second-order valence-corrected chi connectivity index (χ2v) is 5.59. The maximum Gasteiger partial charge on any atom is 0.312 e. The quantitative estimate of drug-likeness (QED) is 0.779. The zero-order valence-corrected chi connectivity index (χ0v) is 12.9. The molecule has 0 heterocycles. The first-order valence-electron chi connectivity index (χ1n) is 7.37. The maximum absolute atomic E-state index is 12.2. The van der Waals surface area contributed by atoms with Crippen molar-refractivity contribution in [2.24, 2.45) is 11.8 Å². The highest BCUT2D eigenvalue weighted by molar-refractivity contribution is 5.74. The van der Waals surface area contributed by atoms with Crippen molar-refractivity contribution >= 4 is 5.97 Å². The standard InChI is InChI=1S/C17H26O3/c1-5-17(19,12-14-10-8-7-9-11-14)15(13(3)4)16(18)20-6-2/h7-11,13,15,19H,5-6,12H2,1-4H3. The average molecular weight is 278 g/mol. The Morgan fingerprint density at radius 1 is 1.25 bits per heavy atom. The van der Waals surface area contributed by atoms with E-state index in [0.29, 0.717) is 19.4 Å². The van der Waals surface area contributed by atoms with Crippen LogP contribution >= 0.6 is 0 Å². The van der Waals surface area contributed by atoms with Gasteiger partial charge in [0.05, 0.1) is 18.1 Å². The van der Waals surface area contributed by atoms with Crippen LogP contribution in [0.25, 0.3) is 0 Å². The lowest BCUT2D eigenvalue weighted by Gasteiger charge is -2.36. The Morgan fingerprint density at radius 3 is 2.30 bits per heavy atom. The molecule has 20 heavy (non-hydrogen) atoms. The third-order valence-electron chi connectivity index (χ3n) is 3.75. The molecule has 0 aromatic heterocycles. The molecule has 1 N–H and O–H groups in total. The molecule has 0 aliphatic rings. The molecule has 0 amide bonds. The Morgan fingerprint density at radius 2 is 1.85 bits per heavy atom. The molecule has 0 saturated carbocycles. The summed E-state index contributed by atoms with van der Waals surface area (Å²) in [4.78, 5) is 12.2. The molecule has 3 heteroatoms. The van der Waals surface area contributed by atoms with Crippen molar-refractivity contribution in [2.75, 3.05) is 6.61 Å². The molecule has 0 fully saturated rings. The molecular formula is C17H26O3. The van der Waals surface area contributed by atoms with Gasteiger partial charge < -0.3 is 9.84 Å². The minimum Gasteiger partial charge on any atom is -0.466 e. The van der Waals surface area contributed by atoms with Gasteiger partial charge in [-0.25, -0.2) is 0 Å². The van der Waals surface area contributed by atoms with E-state index in [1.165, 1.54) is 0 Å². The third kappa shape index (κ3) is 4.07. The molecule has 1 aromatic carbocycles. The van der Waals surface area contributed by atoms with E-state index in [-0.39, 0.29) is 11.9 Å². The molecule has 112 valence electrons. The van der Waals surface area contributed by atoms with E-state index in [1.54, 1.807) is 6.92 Å². The smallest absolute Gasteiger partial charge is 0.312 e. The normalized spacial score (nSPS) is 15.7. The van der Waals surface area contributed by atoms with Crippen molar-refractivity contribution in [1.29, 1.82) is 0 Å². The summed E-state index contributed by atoms with van der Waals surface area (Å²) in [7, 11) is 0. The van der Waals surface area contributed by atoms with E-state index in [2.05, 4.69) is 0 Å². The van der Waals surface area contributed by atoms with Crippen molar-refractivity contribution in [1.82, 2.24) is 0 Å². The highest BCUT2D eigenvalue weighted by Crippen LogP contribution is 2.32. The SMILES string of the molecule is CCOC(=O)C(C(C)C)C(O)(CC)Cc1ccccc1. The van der Waals surface area contributed by atoms with Crippen molar-refractivity contribution in [2.45, 2.75) is 46.1 Å². The number of carbonyl (C=O) groups excluding carboxylic acids is 1. The Kier molecular flexibility index (Phi) is 6.21. The first-order chi connectivity index (χ1) is 9.44. The Bertz CT molecular complexity index is 414. The second kappa shape index (κ2) is 7.44. The molecule has 1 rings (SSSR count).